The van der Waals surface area contributed by atoms with Crippen molar-refractivity contribution in [1.82, 2.24) is 0 Å². The van der Waals surface area contributed by atoms with E-state index in [-0.39, 0.29) is 17.3 Å². The van der Waals surface area contributed by atoms with E-state index >= 15 is 0 Å². The van der Waals surface area contributed by atoms with Crippen molar-refractivity contribution in [3.05, 3.63) is 57.3 Å². The maximum atomic E-state index is 13.6. The van der Waals surface area contributed by atoms with Gasteiger partial charge in [0.1, 0.15) is 5.82 Å². The van der Waals surface area contributed by atoms with Crippen LogP contribution in [0.4, 0.5) is 10.1 Å². The van der Waals surface area contributed by atoms with Gasteiger partial charge in [0.25, 0.3) is 0 Å². The highest BCUT2D eigenvalue weighted by molar-refractivity contribution is 9.10. The fraction of sp³-hybridized carbons (Fsp3) is 0.0769. The zero-order chi connectivity index (χ0) is 15.6. The van der Waals surface area contributed by atoms with Gasteiger partial charge in [-0.3, -0.25) is 0 Å². The van der Waals surface area contributed by atoms with E-state index in [2.05, 4.69) is 21.2 Å². The Balaban J connectivity index is 2.26. The summed E-state index contributed by atoms with van der Waals surface area (Å²) in [4.78, 5) is -0.0656. The van der Waals surface area contributed by atoms with Crippen LogP contribution in [-0.2, 0) is 16.6 Å². The van der Waals surface area contributed by atoms with Gasteiger partial charge < -0.3 is 5.32 Å². The molecule has 4 nitrogen and oxygen atoms in total. The molecule has 21 heavy (non-hydrogen) atoms. The second kappa shape index (κ2) is 6.31. The average molecular weight is 394 g/mol. The van der Waals surface area contributed by atoms with Gasteiger partial charge in [-0.25, -0.2) is 17.9 Å². The van der Waals surface area contributed by atoms with Crippen molar-refractivity contribution in [2.75, 3.05) is 5.32 Å². The van der Waals surface area contributed by atoms with Crippen LogP contribution in [0.1, 0.15) is 5.56 Å². The third-order valence-electron chi connectivity index (χ3n) is 2.74. The first-order valence-electron chi connectivity index (χ1n) is 5.77. The molecule has 0 radical (unpaired) electrons. The van der Waals surface area contributed by atoms with Crippen molar-refractivity contribution in [2.45, 2.75) is 11.4 Å². The minimum atomic E-state index is -3.82. The highest BCUT2D eigenvalue weighted by atomic mass is 79.9. The summed E-state index contributed by atoms with van der Waals surface area (Å²) in [7, 11) is -3.82. The van der Waals surface area contributed by atoms with Crippen LogP contribution in [0.5, 0.6) is 0 Å². The summed E-state index contributed by atoms with van der Waals surface area (Å²) in [5.74, 6) is -0.371. The first-order valence-corrected chi connectivity index (χ1v) is 8.49. The third kappa shape index (κ3) is 4.16. The van der Waals surface area contributed by atoms with Crippen molar-refractivity contribution in [3.8, 4) is 0 Å². The number of rotatable bonds is 4. The molecule has 0 atom stereocenters. The van der Waals surface area contributed by atoms with Crippen molar-refractivity contribution in [2.24, 2.45) is 5.14 Å². The van der Waals surface area contributed by atoms with Gasteiger partial charge in [-0.15, -0.1) is 0 Å². The largest absolute Gasteiger partial charge is 0.380 e. The lowest BCUT2D eigenvalue weighted by Crippen LogP contribution is -2.12. The van der Waals surface area contributed by atoms with Gasteiger partial charge in [-0.1, -0.05) is 27.5 Å². The molecule has 2 aromatic rings. The summed E-state index contributed by atoms with van der Waals surface area (Å²) in [5.41, 5.74) is 0.781. The van der Waals surface area contributed by atoms with Crippen LogP contribution >= 0.6 is 27.5 Å². The fourth-order valence-corrected chi connectivity index (χ4v) is 2.82. The van der Waals surface area contributed by atoms with Crippen molar-refractivity contribution < 1.29 is 12.8 Å². The molecule has 0 spiro atoms. The Morgan fingerprint density at radius 1 is 1.24 bits per heavy atom. The van der Waals surface area contributed by atoms with Gasteiger partial charge in [-0.05, 0) is 36.4 Å². The molecule has 0 aromatic heterocycles. The molecular weight excluding hydrogens is 383 g/mol. The minimum absolute atomic E-state index is 0.0656. The highest BCUT2D eigenvalue weighted by Crippen LogP contribution is 2.26. The number of halogens is 3. The molecule has 2 rings (SSSR count). The van der Waals surface area contributed by atoms with Crippen molar-refractivity contribution in [1.29, 1.82) is 0 Å². The molecule has 2 aromatic carbocycles. The van der Waals surface area contributed by atoms with E-state index in [1.54, 1.807) is 12.1 Å². The maximum absolute atomic E-state index is 13.6. The van der Waals surface area contributed by atoms with E-state index in [4.69, 9.17) is 16.7 Å². The van der Waals surface area contributed by atoms with E-state index in [0.29, 0.717) is 16.3 Å². The topological polar surface area (TPSA) is 72.2 Å². The normalized spacial score (nSPS) is 11.4. The average Bonchev–Trinajstić information content (AvgIpc) is 2.40. The van der Waals surface area contributed by atoms with Gasteiger partial charge in [0.15, 0.2) is 0 Å². The van der Waals surface area contributed by atoms with Crippen LogP contribution in [0.15, 0.2) is 45.8 Å². The summed E-state index contributed by atoms with van der Waals surface area (Å²) in [6.07, 6.45) is 0. The molecule has 0 bridgehead atoms. The Morgan fingerprint density at radius 2 is 1.95 bits per heavy atom. The highest BCUT2D eigenvalue weighted by Gasteiger charge is 2.11. The quantitative estimate of drug-likeness (QED) is 0.835. The van der Waals surface area contributed by atoms with E-state index in [1.165, 1.54) is 24.3 Å². The van der Waals surface area contributed by atoms with Gasteiger partial charge in [0.2, 0.25) is 10.0 Å². The van der Waals surface area contributed by atoms with E-state index in [0.717, 1.165) is 4.47 Å². The first-order chi connectivity index (χ1) is 9.77. The van der Waals surface area contributed by atoms with Crippen LogP contribution < -0.4 is 10.5 Å². The fourth-order valence-electron chi connectivity index (χ4n) is 1.69. The smallest absolute Gasteiger partial charge is 0.238 e. The number of hydrogen-bond donors (Lipinski definition) is 2. The molecule has 0 aliphatic carbocycles. The van der Waals surface area contributed by atoms with Gasteiger partial charge in [0, 0.05) is 16.6 Å². The van der Waals surface area contributed by atoms with Gasteiger partial charge in [0.05, 0.1) is 15.6 Å². The standard InChI is InChI=1S/C13H11BrClFN2O2S/c14-9-1-4-12(16)8(5-9)7-18-13-6-10(21(17,19)20)2-3-11(13)15/h1-6,18H,7H2,(H2,17,19,20). The second-order valence-corrected chi connectivity index (χ2v) is 7.16. The predicted octanol–water partition coefficient (Wildman–Crippen LogP) is 3.50. The summed E-state index contributed by atoms with van der Waals surface area (Å²) in [6, 6.07) is 8.59. The Morgan fingerprint density at radius 3 is 2.62 bits per heavy atom. The predicted molar refractivity (Wildman–Crippen MR) is 84.3 cm³/mol. The van der Waals surface area contributed by atoms with Crippen LogP contribution in [-0.4, -0.2) is 8.42 Å². The monoisotopic (exact) mass is 392 g/mol. The Labute approximate surface area is 135 Å². The molecule has 112 valence electrons. The Kier molecular flexibility index (Phi) is 4.88. The lowest BCUT2D eigenvalue weighted by atomic mass is 10.2. The maximum Gasteiger partial charge on any atom is 0.238 e. The number of nitrogens with two attached hydrogens (primary N) is 1. The number of hydrogen-bond acceptors (Lipinski definition) is 3. The van der Waals surface area contributed by atoms with Crippen LogP contribution in [0.25, 0.3) is 0 Å². The Bertz CT molecular complexity index is 784. The molecule has 0 aliphatic heterocycles. The number of sulfonamides is 1. The zero-order valence-corrected chi connectivity index (χ0v) is 13.8. The first kappa shape index (κ1) is 16.2. The van der Waals surface area contributed by atoms with Gasteiger partial charge >= 0.3 is 0 Å². The molecule has 0 aliphatic rings. The zero-order valence-electron chi connectivity index (χ0n) is 10.6. The number of primary sulfonamides is 1. The van der Waals surface area contributed by atoms with E-state index < -0.39 is 10.0 Å². The number of benzene rings is 2. The summed E-state index contributed by atoms with van der Waals surface area (Å²) >= 11 is 9.24. The lowest BCUT2D eigenvalue weighted by molar-refractivity contribution is 0.597. The number of anilines is 1. The second-order valence-electron chi connectivity index (χ2n) is 4.28. The Hall–Kier alpha value is -1.15. The van der Waals surface area contributed by atoms with E-state index in [9.17, 15) is 12.8 Å². The summed E-state index contributed by atoms with van der Waals surface area (Å²) in [5, 5.41) is 8.28. The molecule has 0 amide bonds. The molecule has 8 heteroatoms. The van der Waals surface area contributed by atoms with Crippen LogP contribution in [0.2, 0.25) is 5.02 Å². The van der Waals surface area contributed by atoms with E-state index in [1.807, 2.05) is 0 Å². The lowest BCUT2D eigenvalue weighted by Gasteiger charge is -2.11. The van der Waals surface area contributed by atoms with Gasteiger partial charge in [-0.2, -0.15) is 0 Å². The molecule has 0 fully saturated rings. The van der Waals surface area contributed by atoms with Crippen molar-refractivity contribution in [3.63, 3.8) is 0 Å². The summed E-state index contributed by atoms with van der Waals surface area (Å²) < 4.78 is 37.0. The molecule has 3 N–H and O–H groups in total. The SMILES string of the molecule is NS(=O)(=O)c1ccc(Cl)c(NCc2cc(Br)ccc2F)c1. The third-order valence-corrected chi connectivity index (χ3v) is 4.48. The van der Waals surface area contributed by atoms with Crippen molar-refractivity contribution >= 4 is 43.2 Å². The number of nitrogens with one attached hydrogen (secondary N) is 1. The minimum Gasteiger partial charge on any atom is -0.380 e. The molecular formula is C13H11BrClFN2O2S. The molecule has 0 heterocycles. The summed E-state index contributed by atoms with van der Waals surface area (Å²) in [6.45, 7) is 0.152. The van der Waals surface area contributed by atoms with Crippen LogP contribution in [0, 0.1) is 5.82 Å². The molecule has 0 saturated heterocycles. The molecule has 0 saturated carbocycles. The molecule has 0 unspecified atom stereocenters. The van der Waals surface area contributed by atoms with Crippen LogP contribution in [0.3, 0.4) is 0 Å².